The molecule has 0 fully saturated rings. The Bertz CT molecular complexity index is 584. The van der Waals surface area contributed by atoms with Crippen LogP contribution in [-0.4, -0.2) is 9.91 Å². The third kappa shape index (κ3) is 2.28. The molecule has 0 N–H and O–H groups in total. The van der Waals surface area contributed by atoms with Gasteiger partial charge < -0.3 is 0 Å². The molecule has 0 bridgehead atoms. The van der Waals surface area contributed by atoms with Crippen LogP contribution in [0.1, 0.15) is 5.56 Å². The summed E-state index contributed by atoms with van der Waals surface area (Å²) in [5, 5.41) is 10.6. The van der Waals surface area contributed by atoms with Crippen molar-refractivity contribution in [3.63, 3.8) is 0 Å². The van der Waals surface area contributed by atoms with E-state index in [0.717, 1.165) is 0 Å². The topological polar surface area (TPSA) is 56.0 Å². The van der Waals surface area contributed by atoms with E-state index in [9.17, 15) is 14.5 Å². The van der Waals surface area contributed by atoms with E-state index >= 15 is 0 Å². The lowest BCUT2D eigenvalue weighted by Gasteiger charge is -2.02. The van der Waals surface area contributed by atoms with Crippen LogP contribution < -0.4 is 0 Å². The Morgan fingerprint density at radius 1 is 1.35 bits per heavy atom. The fraction of sp³-hybridized carbons (Fsp3) is 0.0833. The molecule has 1 heterocycles. The summed E-state index contributed by atoms with van der Waals surface area (Å²) < 4.78 is 13.0. The van der Waals surface area contributed by atoms with Crippen molar-refractivity contribution in [1.82, 2.24) is 4.98 Å². The molecule has 0 aliphatic rings. The number of halogens is 1. The minimum atomic E-state index is -0.488. The predicted octanol–water partition coefficient (Wildman–Crippen LogP) is 3.10. The third-order valence-electron chi connectivity index (χ3n) is 2.40. The number of nitrogens with zero attached hydrogens (tertiary/aromatic N) is 2. The molecular weight excluding hydrogens is 223 g/mol. The second-order valence-electron chi connectivity index (χ2n) is 3.62. The van der Waals surface area contributed by atoms with Crippen LogP contribution in [0.25, 0.3) is 11.3 Å². The fourth-order valence-electron chi connectivity index (χ4n) is 1.55. The normalized spacial score (nSPS) is 10.2. The van der Waals surface area contributed by atoms with E-state index in [1.807, 2.05) is 0 Å². The summed E-state index contributed by atoms with van der Waals surface area (Å²) in [6, 6.07) is 7.53. The summed E-state index contributed by atoms with van der Waals surface area (Å²) >= 11 is 0. The number of aromatic nitrogens is 1. The number of hydrogen-bond donors (Lipinski definition) is 0. The zero-order valence-electron chi connectivity index (χ0n) is 9.05. The van der Waals surface area contributed by atoms with Crippen LogP contribution in [0.15, 0.2) is 36.5 Å². The van der Waals surface area contributed by atoms with E-state index in [-0.39, 0.29) is 11.5 Å². The van der Waals surface area contributed by atoms with Gasteiger partial charge in [-0.1, -0.05) is 12.1 Å². The van der Waals surface area contributed by atoms with Gasteiger partial charge in [0, 0.05) is 11.1 Å². The van der Waals surface area contributed by atoms with Crippen LogP contribution in [0, 0.1) is 22.9 Å². The van der Waals surface area contributed by atoms with Gasteiger partial charge in [-0.2, -0.15) is 0 Å². The first-order valence-electron chi connectivity index (χ1n) is 4.95. The van der Waals surface area contributed by atoms with Crippen LogP contribution >= 0.6 is 0 Å². The van der Waals surface area contributed by atoms with E-state index < -0.39 is 4.92 Å². The molecule has 86 valence electrons. The summed E-state index contributed by atoms with van der Waals surface area (Å²) in [5.74, 6) is -0.361. The van der Waals surface area contributed by atoms with Crippen LogP contribution in [0.3, 0.4) is 0 Å². The zero-order valence-corrected chi connectivity index (χ0v) is 9.05. The maximum atomic E-state index is 13.0. The van der Waals surface area contributed by atoms with Crippen molar-refractivity contribution in [3.8, 4) is 11.3 Å². The highest BCUT2D eigenvalue weighted by Gasteiger charge is 2.12. The highest BCUT2D eigenvalue weighted by Crippen LogP contribution is 2.23. The van der Waals surface area contributed by atoms with Crippen molar-refractivity contribution in [1.29, 1.82) is 0 Å². The van der Waals surface area contributed by atoms with Gasteiger partial charge in [0.25, 0.3) is 5.69 Å². The number of aryl methyl sites for hydroxylation is 1. The SMILES string of the molecule is Cc1cc(-c2cccc(F)c2)ncc1[N+](=O)[O-]. The average molecular weight is 232 g/mol. The summed E-state index contributed by atoms with van der Waals surface area (Å²) in [6.07, 6.45) is 1.19. The van der Waals surface area contributed by atoms with E-state index in [1.165, 1.54) is 18.3 Å². The molecule has 0 amide bonds. The van der Waals surface area contributed by atoms with Crippen LogP contribution in [0.4, 0.5) is 10.1 Å². The molecular formula is C12H9FN2O2. The maximum Gasteiger partial charge on any atom is 0.290 e. The van der Waals surface area contributed by atoms with Crippen LogP contribution in [0.2, 0.25) is 0 Å². The largest absolute Gasteiger partial charge is 0.290 e. The van der Waals surface area contributed by atoms with Crippen LogP contribution in [-0.2, 0) is 0 Å². The lowest BCUT2D eigenvalue weighted by atomic mass is 10.1. The molecule has 4 nitrogen and oxygen atoms in total. The Hall–Kier alpha value is -2.30. The molecule has 0 aliphatic carbocycles. The van der Waals surface area contributed by atoms with Crippen molar-refractivity contribution < 1.29 is 9.31 Å². The Kier molecular flexibility index (Phi) is 2.82. The minimum Gasteiger partial charge on any atom is -0.258 e. The first kappa shape index (κ1) is 11.2. The van der Waals surface area contributed by atoms with Crippen LogP contribution in [0.5, 0.6) is 0 Å². The van der Waals surface area contributed by atoms with E-state index in [2.05, 4.69) is 4.98 Å². The highest BCUT2D eigenvalue weighted by atomic mass is 19.1. The number of hydrogen-bond acceptors (Lipinski definition) is 3. The van der Waals surface area contributed by atoms with Crippen molar-refractivity contribution in [2.45, 2.75) is 6.92 Å². The summed E-state index contributed by atoms with van der Waals surface area (Å²) in [4.78, 5) is 14.1. The quantitative estimate of drug-likeness (QED) is 0.590. The lowest BCUT2D eigenvalue weighted by Crippen LogP contribution is -1.94. The van der Waals surface area contributed by atoms with Crippen molar-refractivity contribution >= 4 is 5.69 Å². The minimum absolute atomic E-state index is 0.0369. The van der Waals surface area contributed by atoms with E-state index in [4.69, 9.17) is 0 Å². The Morgan fingerprint density at radius 2 is 2.12 bits per heavy atom. The van der Waals surface area contributed by atoms with Gasteiger partial charge >= 0.3 is 0 Å². The van der Waals surface area contributed by atoms with Crippen molar-refractivity contribution in [2.75, 3.05) is 0 Å². The molecule has 1 aromatic heterocycles. The number of pyridine rings is 1. The lowest BCUT2D eigenvalue weighted by molar-refractivity contribution is -0.385. The molecule has 0 saturated heterocycles. The highest BCUT2D eigenvalue weighted by molar-refractivity contribution is 5.61. The molecule has 17 heavy (non-hydrogen) atoms. The van der Waals surface area contributed by atoms with Crippen molar-refractivity contribution in [2.24, 2.45) is 0 Å². The van der Waals surface area contributed by atoms with E-state index in [0.29, 0.717) is 16.8 Å². The zero-order chi connectivity index (χ0) is 12.4. The number of benzene rings is 1. The second-order valence-corrected chi connectivity index (χ2v) is 3.62. The van der Waals surface area contributed by atoms with Crippen molar-refractivity contribution in [3.05, 3.63) is 58.0 Å². The number of rotatable bonds is 2. The van der Waals surface area contributed by atoms with Gasteiger partial charge in [0.1, 0.15) is 12.0 Å². The Labute approximate surface area is 96.9 Å². The first-order valence-corrected chi connectivity index (χ1v) is 4.95. The van der Waals surface area contributed by atoms with Gasteiger partial charge in [-0.25, -0.2) is 9.37 Å². The molecule has 1 aromatic carbocycles. The molecule has 2 rings (SSSR count). The molecule has 0 atom stereocenters. The average Bonchev–Trinajstić information content (AvgIpc) is 2.28. The van der Waals surface area contributed by atoms with Gasteiger partial charge in [-0.05, 0) is 25.1 Å². The summed E-state index contributed by atoms with van der Waals surface area (Å²) in [6.45, 7) is 1.63. The smallest absolute Gasteiger partial charge is 0.258 e. The third-order valence-corrected chi connectivity index (χ3v) is 2.40. The standard InChI is InChI=1S/C12H9FN2O2/c1-8-5-11(14-7-12(8)15(16)17)9-3-2-4-10(13)6-9/h2-7H,1H3. The second kappa shape index (κ2) is 4.29. The monoisotopic (exact) mass is 232 g/mol. The molecule has 5 heteroatoms. The summed E-state index contributed by atoms with van der Waals surface area (Å²) in [5.41, 5.74) is 1.59. The molecule has 0 aliphatic heterocycles. The molecule has 0 unspecified atom stereocenters. The fourth-order valence-corrected chi connectivity index (χ4v) is 1.55. The molecule has 0 saturated carbocycles. The van der Waals surface area contributed by atoms with Gasteiger partial charge in [0.05, 0.1) is 10.6 Å². The summed E-state index contributed by atoms with van der Waals surface area (Å²) in [7, 11) is 0. The van der Waals surface area contributed by atoms with Gasteiger partial charge in [-0.3, -0.25) is 10.1 Å². The number of nitro groups is 1. The Morgan fingerprint density at radius 3 is 2.71 bits per heavy atom. The van der Waals surface area contributed by atoms with Gasteiger partial charge in [-0.15, -0.1) is 0 Å². The maximum absolute atomic E-state index is 13.0. The molecule has 0 radical (unpaired) electrons. The molecule has 0 spiro atoms. The van der Waals surface area contributed by atoms with Gasteiger partial charge in [0.2, 0.25) is 0 Å². The first-order chi connectivity index (χ1) is 8.08. The van der Waals surface area contributed by atoms with Gasteiger partial charge in [0.15, 0.2) is 0 Å². The van der Waals surface area contributed by atoms with E-state index in [1.54, 1.807) is 25.1 Å². The predicted molar refractivity (Wildman–Crippen MR) is 61.0 cm³/mol. The Balaban J connectivity index is 2.48. The molecule has 2 aromatic rings.